The predicted molar refractivity (Wildman–Crippen MR) is 146 cm³/mol. The molecule has 2 N–H and O–H groups in total. The molecule has 2 bridgehead atoms. The predicted octanol–water partition coefficient (Wildman–Crippen LogP) is 3.79. The Morgan fingerprint density at radius 2 is 1.95 bits per heavy atom. The first-order valence-electron chi connectivity index (χ1n) is 14.1. The number of Topliss-reactive ketones (excluding diaryl/α,β-unsaturated/α-hetero) is 1. The molecule has 8 atom stereocenters. The standard InChI is InChI=1S/C30H40BNO7/c1-7-28(4)15-23(39-27(35)32-26(34)19-8-9-20-16-38-31(36)21(20)14-19)29(5)17(2)10-12-30(18(3)25(28)33)13-11-22(37-6)24(29)30/h7-9,14,17-18,22-24,36H,1,10-13,15-16H2,2-6H3,(H,32,34,35)/t17-,18+,22-,23-,24-,28-,29+,30+/m1/s1. The maximum absolute atomic E-state index is 14.0. The first-order chi connectivity index (χ1) is 18.4. The molecule has 9 heteroatoms. The van der Waals surface area contributed by atoms with E-state index >= 15 is 0 Å². The van der Waals surface area contributed by atoms with E-state index in [4.69, 9.17) is 14.1 Å². The summed E-state index contributed by atoms with van der Waals surface area (Å²) < 4.78 is 17.4. The summed E-state index contributed by atoms with van der Waals surface area (Å²) in [6.07, 6.45) is 4.05. The first kappa shape index (κ1) is 28.1. The molecule has 4 aliphatic rings. The van der Waals surface area contributed by atoms with Gasteiger partial charge in [0.05, 0.1) is 12.7 Å². The van der Waals surface area contributed by atoms with Gasteiger partial charge in [-0.05, 0) is 67.1 Å². The Labute approximate surface area is 231 Å². The number of carbonyl (C=O) groups is 3. The van der Waals surface area contributed by atoms with Crippen molar-refractivity contribution in [3.63, 3.8) is 0 Å². The van der Waals surface area contributed by atoms with Gasteiger partial charge in [-0.3, -0.25) is 14.9 Å². The highest BCUT2D eigenvalue weighted by Gasteiger charge is 2.68. The normalized spacial score (nSPS) is 39.3. The molecule has 0 aromatic heterocycles. The van der Waals surface area contributed by atoms with E-state index in [-0.39, 0.29) is 53.6 Å². The van der Waals surface area contributed by atoms with Crippen LogP contribution in [0.3, 0.4) is 0 Å². The van der Waals surface area contributed by atoms with Gasteiger partial charge in [-0.1, -0.05) is 32.9 Å². The van der Waals surface area contributed by atoms with Crippen molar-refractivity contribution in [2.75, 3.05) is 7.11 Å². The fraction of sp³-hybridized carbons (Fsp3) is 0.633. The first-order valence-corrected chi connectivity index (χ1v) is 14.1. The average Bonchev–Trinajstić information content (AvgIpc) is 3.50. The maximum Gasteiger partial charge on any atom is 0.491 e. The van der Waals surface area contributed by atoms with Gasteiger partial charge in [0.25, 0.3) is 5.91 Å². The van der Waals surface area contributed by atoms with Gasteiger partial charge >= 0.3 is 13.2 Å². The van der Waals surface area contributed by atoms with Crippen molar-refractivity contribution in [3.05, 3.63) is 42.0 Å². The fourth-order valence-corrected chi connectivity index (χ4v) is 8.47. The fourth-order valence-electron chi connectivity index (χ4n) is 8.47. The average molecular weight is 537 g/mol. The van der Waals surface area contributed by atoms with E-state index in [1.54, 1.807) is 25.3 Å². The largest absolute Gasteiger partial charge is 0.491 e. The van der Waals surface area contributed by atoms with Crippen molar-refractivity contribution >= 4 is 30.4 Å². The Kier molecular flexibility index (Phi) is 7.09. The highest BCUT2D eigenvalue weighted by atomic mass is 16.6. The zero-order valence-corrected chi connectivity index (χ0v) is 23.6. The van der Waals surface area contributed by atoms with E-state index in [1.807, 2.05) is 6.92 Å². The van der Waals surface area contributed by atoms with Crippen LogP contribution in [-0.2, 0) is 25.5 Å². The number of ketones is 1. The maximum atomic E-state index is 14.0. The number of hydrogen-bond acceptors (Lipinski definition) is 7. The molecule has 2 amide bonds. The third-order valence-electron chi connectivity index (χ3n) is 11.1. The highest BCUT2D eigenvalue weighted by molar-refractivity contribution is 6.61. The van der Waals surface area contributed by atoms with Crippen LogP contribution in [-0.4, -0.2) is 49.2 Å². The van der Waals surface area contributed by atoms with E-state index in [0.717, 1.165) is 31.2 Å². The van der Waals surface area contributed by atoms with E-state index < -0.39 is 36.1 Å². The Morgan fingerprint density at radius 1 is 1.23 bits per heavy atom. The molecular formula is C30H40BNO7. The van der Waals surface area contributed by atoms with E-state index in [1.165, 1.54) is 6.07 Å². The number of carbonyl (C=O) groups excluding carboxylic acids is 3. The van der Waals surface area contributed by atoms with Gasteiger partial charge in [-0.15, -0.1) is 6.58 Å². The van der Waals surface area contributed by atoms with E-state index in [0.29, 0.717) is 5.46 Å². The molecule has 1 aromatic carbocycles. The van der Waals surface area contributed by atoms with Crippen LogP contribution in [0, 0.1) is 34.0 Å². The Bertz CT molecular complexity index is 1200. The number of nitrogens with one attached hydrogen (secondary N) is 1. The molecule has 3 fully saturated rings. The Balaban J connectivity index is 1.47. The molecule has 1 heterocycles. The number of alkyl carbamates (subject to hydrolysis) is 1. The van der Waals surface area contributed by atoms with Gasteiger partial charge in [0.2, 0.25) is 0 Å². The van der Waals surface area contributed by atoms with Crippen molar-refractivity contribution in [2.24, 2.45) is 34.0 Å². The summed E-state index contributed by atoms with van der Waals surface area (Å²) in [5, 5.41) is 12.4. The summed E-state index contributed by atoms with van der Waals surface area (Å²) >= 11 is 0. The second-order valence-corrected chi connectivity index (χ2v) is 12.7. The molecule has 0 radical (unpaired) electrons. The minimum atomic E-state index is -1.10. The third kappa shape index (κ3) is 4.20. The lowest BCUT2D eigenvalue weighted by Gasteiger charge is -2.61. The van der Waals surface area contributed by atoms with Crippen LogP contribution < -0.4 is 10.8 Å². The number of amides is 2. The van der Waals surface area contributed by atoms with Crippen molar-refractivity contribution in [1.82, 2.24) is 5.32 Å². The van der Waals surface area contributed by atoms with Crippen molar-refractivity contribution in [1.29, 1.82) is 0 Å². The number of ether oxygens (including phenoxy) is 2. The number of rotatable bonds is 4. The van der Waals surface area contributed by atoms with Crippen LogP contribution in [0.2, 0.25) is 0 Å². The molecule has 39 heavy (non-hydrogen) atoms. The summed E-state index contributed by atoms with van der Waals surface area (Å²) in [5.74, 6) is -0.449. The molecule has 210 valence electrons. The summed E-state index contributed by atoms with van der Waals surface area (Å²) in [5.41, 5.74) is -0.0804. The molecule has 8 nitrogen and oxygen atoms in total. The number of imide groups is 1. The second kappa shape index (κ2) is 9.86. The van der Waals surface area contributed by atoms with Gasteiger partial charge in [-0.2, -0.15) is 0 Å². The lowest BCUT2D eigenvalue weighted by molar-refractivity contribution is -0.188. The minimum absolute atomic E-state index is 0.0266. The quantitative estimate of drug-likeness (QED) is 0.444. The van der Waals surface area contributed by atoms with Crippen LogP contribution in [0.4, 0.5) is 4.79 Å². The molecule has 5 rings (SSSR count). The molecule has 1 aromatic rings. The smallest absolute Gasteiger partial charge is 0.445 e. The SMILES string of the molecule is C=C[C@]1(C)C[C@@H](OC(=O)NC(=O)c2ccc3c(c2)B(O)OC3)[C@]2(C)[C@H](C)CC[C@]3(CC[C@@H](OC)[C@@H]32)[C@@H](C)C1=O. The summed E-state index contributed by atoms with van der Waals surface area (Å²) in [7, 11) is 0.631. The van der Waals surface area contributed by atoms with Crippen molar-refractivity contribution in [2.45, 2.75) is 78.6 Å². The molecule has 0 saturated heterocycles. The molecular weight excluding hydrogens is 497 g/mol. The third-order valence-corrected chi connectivity index (χ3v) is 11.1. The highest BCUT2D eigenvalue weighted by Crippen LogP contribution is 2.68. The molecule has 3 saturated carbocycles. The van der Waals surface area contributed by atoms with Crippen molar-refractivity contribution in [3.8, 4) is 0 Å². The van der Waals surface area contributed by atoms with Gasteiger partial charge in [0.1, 0.15) is 11.9 Å². The van der Waals surface area contributed by atoms with E-state index in [9.17, 15) is 19.4 Å². The number of hydrogen-bond donors (Lipinski definition) is 2. The Hall–Kier alpha value is -2.49. The number of methoxy groups -OCH3 is 1. The Morgan fingerprint density at radius 3 is 2.64 bits per heavy atom. The van der Waals surface area contributed by atoms with E-state index in [2.05, 4.69) is 32.7 Å². The summed E-state index contributed by atoms with van der Waals surface area (Å²) in [4.78, 5) is 40.4. The van der Waals surface area contributed by atoms with Gasteiger partial charge in [-0.25, -0.2) is 4.79 Å². The summed E-state index contributed by atoms with van der Waals surface area (Å²) in [6, 6.07) is 4.83. The van der Waals surface area contributed by atoms with Gasteiger partial charge < -0.3 is 19.2 Å². The van der Waals surface area contributed by atoms with Crippen LogP contribution in [0.25, 0.3) is 0 Å². The zero-order chi connectivity index (χ0) is 28.3. The second-order valence-electron chi connectivity index (χ2n) is 12.7. The summed E-state index contributed by atoms with van der Waals surface area (Å²) in [6.45, 7) is 12.6. The lowest BCUT2D eigenvalue weighted by atomic mass is 9.44. The minimum Gasteiger partial charge on any atom is -0.445 e. The number of benzene rings is 1. The van der Waals surface area contributed by atoms with Crippen molar-refractivity contribution < 1.29 is 33.5 Å². The molecule has 0 spiro atoms. The monoisotopic (exact) mass is 537 g/mol. The van der Waals surface area contributed by atoms with Crippen LogP contribution in [0.15, 0.2) is 30.9 Å². The van der Waals surface area contributed by atoms with Gasteiger partial charge in [0, 0.05) is 41.8 Å². The van der Waals surface area contributed by atoms with Crippen LogP contribution >= 0.6 is 0 Å². The lowest BCUT2D eigenvalue weighted by Crippen LogP contribution is -2.63. The number of fused-ring (bicyclic) bond motifs is 1. The topological polar surface area (TPSA) is 111 Å². The molecule has 3 aliphatic carbocycles. The molecule has 1 aliphatic heterocycles. The van der Waals surface area contributed by atoms with Gasteiger partial charge in [0.15, 0.2) is 0 Å². The van der Waals surface area contributed by atoms with Crippen LogP contribution in [0.1, 0.15) is 75.7 Å². The zero-order valence-electron chi connectivity index (χ0n) is 23.6. The molecule has 0 unspecified atom stereocenters. The van der Waals surface area contributed by atoms with Crippen LogP contribution in [0.5, 0.6) is 0 Å². The number of allylic oxidation sites excluding steroid dienone is 1.